The van der Waals surface area contributed by atoms with Crippen LogP contribution in [0.1, 0.15) is 42.9 Å². The van der Waals surface area contributed by atoms with Crippen LogP contribution in [0.3, 0.4) is 0 Å². The fourth-order valence-corrected chi connectivity index (χ4v) is 5.39. The molecule has 0 radical (unpaired) electrons. The first-order chi connectivity index (χ1) is 17.2. The quantitative estimate of drug-likeness (QED) is 0.459. The van der Waals surface area contributed by atoms with Crippen molar-refractivity contribution in [3.05, 3.63) is 71.8 Å². The zero-order chi connectivity index (χ0) is 23.8. The fraction of sp³-hybridized carbons (Fsp3) is 0.333. The van der Waals surface area contributed by atoms with E-state index in [1.165, 1.54) is 29.6 Å². The van der Waals surface area contributed by atoms with Gasteiger partial charge in [0.25, 0.3) is 5.71 Å². The van der Waals surface area contributed by atoms with Gasteiger partial charge in [0.2, 0.25) is 5.91 Å². The van der Waals surface area contributed by atoms with Gasteiger partial charge in [-0.05, 0) is 67.5 Å². The number of hydrogen-bond donors (Lipinski definition) is 1. The largest absolute Gasteiger partial charge is 0.355 e. The SMILES string of the molecule is O=C(N[C@H]1CCCc2ccccc21)[C@@H]1CCCN(c2ncnc3onc(-c4ccc(F)cc4)c23)C1. The van der Waals surface area contributed by atoms with Gasteiger partial charge in [0, 0.05) is 18.7 Å². The summed E-state index contributed by atoms with van der Waals surface area (Å²) in [6, 6.07) is 14.6. The van der Waals surface area contributed by atoms with E-state index in [1.807, 2.05) is 6.07 Å². The highest BCUT2D eigenvalue weighted by Crippen LogP contribution is 2.35. The van der Waals surface area contributed by atoms with Crippen LogP contribution in [0, 0.1) is 11.7 Å². The molecule has 0 spiro atoms. The van der Waals surface area contributed by atoms with Crippen molar-refractivity contribution in [2.45, 2.75) is 38.1 Å². The summed E-state index contributed by atoms with van der Waals surface area (Å²) in [5.74, 6) is 0.322. The van der Waals surface area contributed by atoms with Crippen LogP contribution in [-0.4, -0.2) is 34.1 Å². The van der Waals surface area contributed by atoms with Gasteiger partial charge in [0.05, 0.1) is 12.0 Å². The van der Waals surface area contributed by atoms with Gasteiger partial charge in [-0.3, -0.25) is 4.79 Å². The summed E-state index contributed by atoms with van der Waals surface area (Å²) in [6.07, 6.45) is 6.28. The minimum Gasteiger partial charge on any atom is -0.355 e. The zero-order valence-electron chi connectivity index (χ0n) is 19.3. The fourth-order valence-electron chi connectivity index (χ4n) is 5.39. The van der Waals surface area contributed by atoms with Crippen LogP contribution in [0.4, 0.5) is 10.2 Å². The molecule has 2 aromatic carbocycles. The van der Waals surface area contributed by atoms with Crippen molar-refractivity contribution >= 4 is 22.8 Å². The van der Waals surface area contributed by atoms with Crippen LogP contribution in [-0.2, 0) is 11.2 Å². The minimum atomic E-state index is -0.316. The lowest BCUT2D eigenvalue weighted by molar-refractivity contribution is -0.126. The molecule has 1 saturated heterocycles. The molecule has 0 bridgehead atoms. The summed E-state index contributed by atoms with van der Waals surface area (Å²) in [6.45, 7) is 1.33. The van der Waals surface area contributed by atoms with Crippen molar-refractivity contribution in [2.75, 3.05) is 18.0 Å². The van der Waals surface area contributed by atoms with E-state index in [9.17, 15) is 9.18 Å². The Labute approximate surface area is 202 Å². The summed E-state index contributed by atoms with van der Waals surface area (Å²) in [7, 11) is 0. The van der Waals surface area contributed by atoms with E-state index in [0.717, 1.165) is 44.2 Å². The number of rotatable bonds is 4. The van der Waals surface area contributed by atoms with Gasteiger partial charge in [-0.15, -0.1) is 0 Å². The zero-order valence-corrected chi connectivity index (χ0v) is 19.3. The number of nitrogens with one attached hydrogen (secondary N) is 1. The second-order valence-electron chi connectivity index (χ2n) is 9.35. The Morgan fingerprint density at radius 2 is 1.91 bits per heavy atom. The normalized spacial score (nSPS) is 20.0. The number of anilines is 1. The van der Waals surface area contributed by atoms with Crippen LogP contribution in [0.15, 0.2) is 59.4 Å². The number of amides is 1. The lowest BCUT2D eigenvalue weighted by Gasteiger charge is -2.34. The highest BCUT2D eigenvalue weighted by molar-refractivity contribution is 5.98. The van der Waals surface area contributed by atoms with E-state index in [2.05, 4.69) is 43.5 Å². The van der Waals surface area contributed by atoms with E-state index >= 15 is 0 Å². The number of aromatic nitrogens is 3. The van der Waals surface area contributed by atoms with E-state index in [1.54, 1.807) is 12.1 Å². The number of piperidine rings is 1. The van der Waals surface area contributed by atoms with Crippen molar-refractivity contribution in [1.82, 2.24) is 20.4 Å². The molecule has 3 heterocycles. The van der Waals surface area contributed by atoms with E-state index in [-0.39, 0.29) is 23.7 Å². The number of fused-ring (bicyclic) bond motifs is 2. The lowest BCUT2D eigenvalue weighted by Crippen LogP contribution is -2.44. The number of halogens is 1. The third-order valence-electron chi connectivity index (χ3n) is 7.15. The van der Waals surface area contributed by atoms with Crippen molar-refractivity contribution in [1.29, 1.82) is 0 Å². The Bertz CT molecular complexity index is 1370. The third-order valence-corrected chi connectivity index (χ3v) is 7.15. The molecule has 178 valence electrons. The molecule has 7 nitrogen and oxygen atoms in total. The predicted molar refractivity (Wildman–Crippen MR) is 130 cm³/mol. The molecule has 2 aromatic heterocycles. The molecule has 35 heavy (non-hydrogen) atoms. The molecule has 1 aliphatic carbocycles. The van der Waals surface area contributed by atoms with Gasteiger partial charge >= 0.3 is 0 Å². The van der Waals surface area contributed by atoms with Gasteiger partial charge in [0.15, 0.2) is 0 Å². The van der Waals surface area contributed by atoms with Gasteiger partial charge in [0.1, 0.15) is 29.0 Å². The Morgan fingerprint density at radius 3 is 2.80 bits per heavy atom. The number of hydrogen-bond acceptors (Lipinski definition) is 6. The van der Waals surface area contributed by atoms with Crippen molar-refractivity contribution in [2.24, 2.45) is 5.92 Å². The number of carbonyl (C=O) groups excluding carboxylic acids is 1. The molecule has 0 unspecified atom stereocenters. The molecule has 0 saturated carbocycles. The molecule has 8 heteroatoms. The Kier molecular flexibility index (Phi) is 5.64. The highest BCUT2D eigenvalue weighted by atomic mass is 19.1. The van der Waals surface area contributed by atoms with Gasteiger partial charge in [-0.25, -0.2) is 9.37 Å². The molecule has 1 aliphatic heterocycles. The first kappa shape index (κ1) is 21.7. The molecule has 2 atom stereocenters. The average molecular weight is 472 g/mol. The average Bonchev–Trinajstić information content (AvgIpc) is 3.34. The Morgan fingerprint density at radius 1 is 1.06 bits per heavy atom. The highest BCUT2D eigenvalue weighted by Gasteiger charge is 2.31. The molecule has 2 aliphatic rings. The van der Waals surface area contributed by atoms with Crippen molar-refractivity contribution in [3.8, 4) is 11.3 Å². The second kappa shape index (κ2) is 9.09. The molecule has 4 aromatic rings. The maximum atomic E-state index is 13.5. The molecule has 1 amide bonds. The van der Waals surface area contributed by atoms with Crippen LogP contribution >= 0.6 is 0 Å². The third kappa shape index (κ3) is 4.13. The van der Waals surface area contributed by atoms with Gasteiger partial charge in [-0.1, -0.05) is 29.4 Å². The van der Waals surface area contributed by atoms with E-state index in [0.29, 0.717) is 29.2 Å². The number of aryl methyl sites for hydroxylation is 1. The standard InChI is InChI=1S/C27H26FN5O2/c28-20-12-10-18(11-13-20)24-23-25(29-16-30-27(23)35-32-24)33-14-4-7-19(15-33)26(34)31-22-9-3-6-17-5-1-2-8-21(17)22/h1-2,5,8,10-13,16,19,22H,3-4,6-7,9,14-15H2,(H,31,34)/t19-,22+/m1/s1. The first-order valence-electron chi connectivity index (χ1n) is 12.2. The molecular formula is C27H26FN5O2. The maximum absolute atomic E-state index is 13.5. The van der Waals surface area contributed by atoms with E-state index < -0.39 is 0 Å². The summed E-state index contributed by atoms with van der Waals surface area (Å²) in [5, 5.41) is 8.21. The van der Waals surface area contributed by atoms with Crippen LogP contribution in [0.5, 0.6) is 0 Å². The second-order valence-corrected chi connectivity index (χ2v) is 9.35. The predicted octanol–water partition coefficient (Wildman–Crippen LogP) is 4.83. The van der Waals surface area contributed by atoms with Crippen molar-refractivity contribution in [3.63, 3.8) is 0 Å². The minimum absolute atomic E-state index is 0.0664. The van der Waals surface area contributed by atoms with Crippen LogP contribution in [0.2, 0.25) is 0 Å². The topological polar surface area (TPSA) is 84.2 Å². The Hall–Kier alpha value is -3.81. The monoisotopic (exact) mass is 471 g/mol. The summed E-state index contributed by atoms with van der Waals surface area (Å²) in [4.78, 5) is 24.3. The Balaban J connectivity index is 1.25. The summed E-state index contributed by atoms with van der Waals surface area (Å²) < 4.78 is 18.9. The van der Waals surface area contributed by atoms with Crippen LogP contribution < -0.4 is 10.2 Å². The molecule has 1 fully saturated rings. The smallest absolute Gasteiger partial charge is 0.263 e. The van der Waals surface area contributed by atoms with Crippen molar-refractivity contribution < 1.29 is 13.7 Å². The van der Waals surface area contributed by atoms with Crippen LogP contribution in [0.25, 0.3) is 22.4 Å². The number of nitrogens with zero attached hydrogens (tertiary/aromatic N) is 4. The number of carbonyl (C=O) groups is 1. The van der Waals surface area contributed by atoms with Gasteiger partial charge < -0.3 is 14.7 Å². The first-order valence-corrected chi connectivity index (χ1v) is 12.2. The summed E-state index contributed by atoms with van der Waals surface area (Å²) in [5.41, 5.74) is 4.24. The number of benzene rings is 2. The lowest BCUT2D eigenvalue weighted by atomic mass is 9.87. The van der Waals surface area contributed by atoms with Gasteiger partial charge in [-0.2, -0.15) is 4.98 Å². The molecule has 6 rings (SSSR count). The van der Waals surface area contributed by atoms with E-state index in [4.69, 9.17) is 4.52 Å². The summed E-state index contributed by atoms with van der Waals surface area (Å²) >= 11 is 0. The molecule has 1 N–H and O–H groups in total. The maximum Gasteiger partial charge on any atom is 0.263 e. The molecular weight excluding hydrogens is 445 g/mol.